The summed E-state index contributed by atoms with van der Waals surface area (Å²) >= 11 is 0. The summed E-state index contributed by atoms with van der Waals surface area (Å²) in [5, 5.41) is 2.80. The molecular weight excluding hydrogens is 499 g/mol. The second kappa shape index (κ2) is 14.9. The van der Waals surface area contributed by atoms with Crippen molar-refractivity contribution in [2.75, 3.05) is 6.54 Å². The molecule has 0 fully saturated rings. The van der Waals surface area contributed by atoms with E-state index in [1.54, 1.807) is 0 Å². The Morgan fingerprint density at radius 1 is 1.33 bits per heavy atom. The molecule has 0 atom stereocenters. The van der Waals surface area contributed by atoms with Gasteiger partial charge in [0.2, 0.25) is 0 Å². The summed E-state index contributed by atoms with van der Waals surface area (Å²) in [5.41, 5.74) is 2.94. The minimum atomic E-state index is -0.485. The molecule has 1 aromatic rings. The minimum absolute atomic E-state index is 0. The number of aromatic nitrogens is 1. The van der Waals surface area contributed by atoms with Crippen molar-refractivity contribution in [2.24, 2.45) is 5.92 Å². The normalized spacial score (nSPS) is 9.92. The number of nitrogens with zero attached hydrogens (tertiary/aromatic N) is 1. The summed E-state index contributed by atoms with van der Waals surface area (Å²) in [6.07, 6.45) is 5.00. The molecule has 0 aliphatic carbocycles. The number of carbonyl (C=O) groups excluding carboxylic acids is 1. The first kappa shape index (κ1) is 27.0. The summed E-state index contributed by atoms with van der Waals surface area (Å²) in [5.74, 6) is 0.151. The Bertz CT molecular complexity index is 496. The van der Waals surface area contributed by atoms with E-state index in [1.165, 1.54) is 12.8 Å². The fraction of sp³-hybridized carbons (Fsp3) is 0.500. The molecule has 0 spiro atoms. The molecule has 4 nitrogen and oxygen atoms in total. The Hall–Kier alpha value is 0.745. The van der Waals surface area contributed by atoms with Gasteiger partial charge in [0.05, 0.1) is 5.69 Å². The van der Waals surface area contributed by atoms with E-state index < -0.39 is 5.92 Å². The van der Waals surface area contributed by atoms with E-state index in [1.807, 2.05) is 13.0 Å². The molecule has 0 unspecified atom stereocenters. The van der Waals surface area contributed by atoms with E-state index in [2.05, 4.69) is 38.2 Å². The van der Waals surface area contributed by atoms with Crippen molar-refractivity contribution >= 4 is 5.91 Å². The monoisotopic (exact) mass is 526 g/mol. The van der Waals surface area contributed by atoms with E-state index in [-0.39, 0.29) is 78.4 Å². The Morgan fingerprint density at radius 2 is 2.00 bits per heavy atom. The number of aryl methyl sites for hydroxylation is 2. The quantitative estimate of drug-likeness (QED) is 0.285. The van der Waals surface area contributed by atoms with Gasteiger partial charge in [-0.3, -0.25) is 9.78 Å². The summed E-state index contributed by atoms with van der Waals surface area (Å²) in [7, 11) is 3.53. The van der Waals surface area contributed by atoms with E-state index in [0.29, 0.717) is 13.0 Å². The van der Waals surface area contributed by atoms with Gasteiger partial charge >= 0.3 is 51.4 Å². The maximum Gasteiger partial charge on any atom is 1.00 e. The Morgan fingerprint density at radius 3 is 2.54 bits per heavy atom. The maximum absolute atomic E-state index is 11.5. The molecule has 1 heterocycles. The molecule has 0 aliphatic heterocycles. The number of rotatable bonds is 9. The van der Waals surface area contributed by atoms with Gasteiger partial charge in [0.25, 0.3) is 0 Å². The SMILES string of the molecule is [CH2-]Oc1c(C)cc(CCNC(=O)C([CH2-])[CH2-])nc1CCCCC.[K+].[W]. The van der Waals surface area contributed by atoms with Gasteiger partial charge in [-0.05, 0) is 31.4 Å². The molecule has 0 saturated carbocycles. The molecule has 0 aliphatic rings. The molecule has 1 rings (SSSR count). The van der Waals surface area contributed by atoms with Crippen molar-refractivity contribution in [3.63, 3.8) is 0 Å². The van der Waals surface area contributed by atoms with Gasteiger partial charge in [-0.25, -0.2) is 5.92 Å². The Kier molecular flexibility index (Phi) is 16.7. The molecule has 6 heteroatoms. The number of nitrogens with one attached hydrogen (secondary N) is 1. The first-order chi connectivity index (χ1) is 10.5. The van der Waals surface area contributed by atoms with Crippen LogP contribution in [0.3, 0.4) is 0 Å². The van der Waals surface area contributed by atoms with Crippen LogP contribution in [-0.4, -0.2) is 17.4 Å². The van der Waals surface area contributed by atoms with Gasteiger partial charge in [-0.15, -0.1) is 0 Å². The molecule has 0 aromatic carbocycles. The molecule has 130 valence electrons. The minimum Gasteiger partial charge on any atom is -0.664 e. The predicted molar refractivity (Wildman–Crippen MR) is 89.1 cm³/mol. The zero-order chi connectivity index (χ0) is 16.5. The third kappa shape index (κ3) is 9.44. The van der Waals surface area contributed by atoms with Gasteiger partial charge in [0.1, 0.15) is 5.75 Å². The van der Waals surface area contributed by atoms with Crippen molar-refractivity contribution in [1.29, 1.82) is 0 Å². The van der Waals surface area contributed by atoms with Crippen molar-refractivity contribution in [3.8, 4) is 5.75 Å². The Balaban J connectivity index is 0. The van der Waals surface area contributed by atoms with Crippen LogP contribution in [0.2, 0.25) is 0 Å². The van der Waals surface area contributed by atoms with E-state index in [4.69, 9.17) is 4.74 Å². The molecule has 0 bridgehead atoms. The fourth-order valence-corrected chi connectivity index (χ4v) is 2.29. The van der Waals surface area contributed by atoms with Gasteiger partial charge in [0.15, 0.2) is 5.91 Å². The first-order valence-electron chi connectivity index (χ1n) is 7.84. The summed E-state index contributed by atoms with van der Waals surface area (Å²) in [6.45, 7) is 11.9. The van der Waals surface area contributed by atoms with Crippen LogP contribution in [0.5, 0.6) is 5.75 Å². The standard InChI is InChI=1S/C18H27N2O2.K.W/c1-6-7-8-9-16-17(22-5)14(4)12-15(20-16)10-11-19-18(21)13(2)3;;/h12-13H,2-3,5-11H2,1,4H3,(H,19,21);;/q-3;+1;. The van der Waals surface area contributed by atoms with Crippen LogP contribution in [0.1, 0.15) is 43.1 Å². The summed E-state index contributed by atoms with van der Waals surface area (Å²) in [6, 6.07) is 1.99. The van der Waals surface area contributed by atoms with Crippen LogP contribution in [0.15, 0.2) is 6.07 Å². The van der Waals surface area contributed by atoms with Crippen LogP contribution >= 0.6 is 0 Å². The van der Waals surface area contributed by atoms with E-state index >= 15 is 0 Å². The van der Waals surface area contributed by atoms with Crippen molar-refractivity contribution in [3.05, 3.63) is 44.0 Å². The number of ether oxygens (including phenoxy) is 1. The zero-order valence-electron chi connectivity index (χ0n) is 15.2. The number of pyridine rings is 1. The molecule has 1 N–H and O–H groups in total. The van der Waals surface area contributed by atoms with Crippen LogP contribution in [-0.2, 0) is 38.7 Å². The summed E-state index contributed by atoms with van der Waals surface area (Å²) < 4.78 is 5.24. The average Bonchev–Trinajstić information content (AvgIpc) is 2.47. The summed E-state index contributed by atoms with van der Waals surface area (Å²) in [4.78, 5) is 16.1. The van der Waals surface area contributed by atoms with Crippen LogP contribution in [0.25, 0.3) is 0 Å². The zero-order valence-corrected chi connectivity index (χ0v) is 21.2. The van der Waals surface area contributed by atoms with Crippen molar-refractivity contribution in [1.82, 2.24) is 10.3 Å². The third-order valence-corrected chi connectivity index (χ3v) is 3.49. The topological polar surface area (TPSA) is 51.2 Å². The van der Waals surface area contributed by atoms with Crippen molar-refractivity contribution in [2.45, 2.75) is 46.0 Å². The van der Waals surface area contributed by atoms with Gasteiger partial charge in [0, 0.05) is 39.7 Å². The predicted octanol–water partition coefficient (Wildman–Crippen LogP) is 0.238. The van der Waals surface area contributed by atoms with Crippen LogP contribution < -0.4 is 61.4 Å². The maximum atomic E-state index is 11.5. The van der Waals surface area contributed by atoms with Gasteiger partial charge in [-0.2, -0.15) is 7.11 Å². The van der Waals surface area contributed by atoms with Crippen LogP contribution in [0, 0.1) is 33.8 Å². The molecule has 1 aromatic heterocycles. The number of hydrogen-bond acceptors (Lipinski definition) is 3. The second-order valence-electron chi connectivity index (χ2n) is 5.55. The number of unbranched alkanes of at least 4 members (excludes halogenated alkanes) is 2. The smallest absolute Gasteiger partial charge is 0.664 e. The number of hydrogen-bond donors (Lipinski definition) is 1. The Labute approximate surface area is 204 Å². The average molecular weight is 526 g/mol. The number of carbonyl (C=O) groups is 1. The second-order valence-corrected chi connectivity index (χ2v) is 5.55. The molecule has 0 radical (unpaired) electrons. The molecular formula is C18H27KN2O2W-2. The largest absolute Gasteiger partial charge is 1.00 e. The van der Waals surface area contributed by atoms with E-state index in [0.717, 1.165) is 35.5 Å². The van der Waals surface area contributed by atoms with Crippen molar-refractivity contribution < 1.29 is 82.0 Å². The first-order valence-corrected chi connectivity index (χ1v) is 7.84. The van der Waals surface area contributed by atoms with Crippen LogP contribution in [0.4, 0.5) is 0 Å². The molecule has 1 amide bonds. The van der Waals surface area contributed by atoms with Gasteiger partial charge in [-0.1, -0.05) is 19.8 Å². The fourth-order valence-electron chi connectivity index (χ4n) is 2.29. The third-order valence-electron chi connectivity index (χ3n) is 3.49. The van der Waals surface area contributed by atoms with Gasteiger partial charge < -0.3 is 23.9 Å². The molecule has 0 saturated heterocycles. The number of amides is 1. The molecule has 24 heavy (non-hydrogen) atoms. The van der Waals surface area contributed by atoms with E-state index in [9.17, 15) is 4.79 Å².